The second-order valence-corrected chi connectivity index (χ2v) is 23.3. The summed E-state index contributed by atoms with van der Waals surface area (Å²) in [6, 6.07) is 40.5. The van der Waals surface area contributed by atoms with Gasteiger partial charge < -0.3 is 37.9 Å². The van der Waals surface area contributed by atoms with Crippen LogP contribution >= 0.6 is 78.3 Å². The quantitative estimate of drug-likeness (QED) is 0.139. The molecule has 0 saturated carbocycles. The third-order valence-corrected chi connectivity index (χ3v) is 18.1. The lowest BCUT2D eigenvalue weighted by atomic mass is 9.60. The van der Waals surface area contributed by atoms with Gasteiger partial charge in [-0.3, -0.25) is 0 Å². The minimum absolute atomic E-state index is 0.0220. The van der Waals surface area contributed by atoms with Crippen LogP contribution in [-0.4, -0.2) is 67.6 Å². The predicted octanol–water partition coefficient (Wildman–Crippen LogP) is 16.8. The van der Waals surface area contributed by atoms with Gasteiger partial charge in [0.2, 0.25) is 0 Å². The average Bonchev–Trinajstić information content (AvgIpc) is 3.66. The Morgan fingerprint density at radius 2 is 0.512 bits per heavy atom. The third kappa shape index (κ3) is 8.80. The van der Waals surface area contributed by atoms with Crippen LogP contribution in [0.1, 0.15) is 135 Å². The summed E-state index contributed by atoms with van der Waals surface area (Å²) in [4.78, 5) is 0. The van der Waals surface area contributed by atoms with Gasteiger partial charge in [0.1, 0.15) is 54.9 Å². The fourth-order valence-corrected chi connectivity index (χ4v) is 15.7. The zero-order chi connectivity index (χ0) is 56.3. The zero-order valence-corrected chi connectivity index (χ0v) is 51.7. The number of methoxy groups -OCH3 is 8. The molecule has 412 valence electrons. The molecule has 0 fully saturated rings. The molecule has 0 radical (unpaired) electrons. The number of rotatable bonds is 8. The van der Waals surface area contributed by atoms with E-state index >= 15 is 0 Å². The molecule has 7 aliphatic carbocycles. The Hall–Kier alpha value is -5.72. The van der Waals surface area contributed by atoms with Crippen molar-refractivity contribution in [2.75, 3.05) is 67.6 Å². The lowest BCUT2D eigenvalue weighted by molar-refractivity contribution is 0.381. The molecule has 7 aliphatic rings. The summed E-state index contributed by atoms with van der Waals surface area (Å²) < 4.78 is 53.2. The molecule has 0 heterocycles. The lowest BCUT2D eigenvalue weighted by Crippen LogP contribution is -2.29. The fraction of sp³-hybridized carbons (Fsp3) is 0.273. The minimum Gasteiger partial charge on any atom is -0.496 e. The van der Waals surface area contributed by atoms with Crippen molar-refractivity contribution in [1.29, 1.82) is 0 Å². The first-order valence-corrected chi connectivity index (χ1v) is 29.8. The lowest BCUT2D eigenvalue weighted by Gasteiger charge is -2.44. The zero-order valence-electron chi connectivity index (χ0n) is 45.5. The molecule has 0 saturated heterocycles. The van der Waals surface area contributed by atoms with Crippen molar-refractivity contribution in [2.45, 2.75) is 49.4 Å². The fourth-order valence-electron chi connectivity index (χ4n) is 14.0. The summed E-state index contributed by atoms with van der Waals surface area (Å²) in [5.74, 6) is 5.95. The van der Waals surface area contributed by atoms with Gasteiger partial charge in [-0.2, -0.15) is 0 Å². The van der Waals surface area contributed by atoms with Crippen LogP contribution in [0.3, 0.4) is 0 Å². The summed E-state index contributed by atoms with van der Waals surface area (Å²) in [5.41, 5.74) is 23.0. The first-order valence-electron chi connectivity index (χ1n) is 26.1. The molecule has 0 amide bonds. The molecular formula is C66H58Br2Cl4O8. The summed E-state index contributed by atoms with van der Waals surface area (Å²) in [6.45, 7) is 0. The van der Waals surface area contributed by atoms with Crippen LogP contribution in [0.4, 0.5) is 0 Å². The van der Waals surface area contributed by atoms with E-state index in [-0.39, 0.29) is 34.3 Å². The van der Waals surface area contributed by atoms with Crippen molar-refractivity contribution >= 4 is 78.3 Å². The average molecular weight is 1280 g/mol. The molecule has 8 nitrogen and oxygen atoms in total. The van der Waals surface area contributed by atoms with Gasteiger partial charge in [0.05, 0.1) is 67.6 Å². The van der Waals surface area contributed by atoms with Crippen LogP contribution in [0, 0.1) is 0 Å². The number of benzene rings is 8. The Kier molecular flexibility index (Phi) is 16.3. The van der Waals surface area contributed by atoms with Crippen LogP contribution in [0.2, 0.25) is 0 Å². The van der Waals surface area contributed by atoms with Gasteiger partial charge in [-0.15, -0.1) is 46.4 Å². The Morgan fingerprint density at radius 3 is 0.725 bits per heavy atom. The molecule has 8 aromatic rings. The highest BCUT2D eigenvalue weighted by molar-refractivity contribution is 9.11. The molecule has 0 N–H and O–H groups in total. The van der Waals surface area contributed by atoms with Crippen LogP contribution < -0.4 is 37.9 Å². The van der Waals surface area contributed by atoms with E-state index in [0.29, 0.717) is 48.7 Å². The summed E-state index contributed by atoms with van der Waals surface area (Å²) in [7, 11) is 14.1. The van der Waals surface area contributed by atoms with Crippen LogP contribution in [-0.2, 0) is 25.7 Å². The van der Waals surface area contributed by atoms with Gasteiger partial charge >= 0.3 is 0 Å². The molecule has 15 rings (SSSR count). The molecule has 14 heteroatoms. The molecular weight excluding hydrogens is 1220 g/mol. The van der Waals surface area contributed by atoms with Gasteiger partial charge in [0.15, 0.2) is 0 Å². The van der Waals surface area contributed by atoms with Crippen molar-refractivity contribution in [3.8, 4) is 46.0 Å². The summed E-state index contributed by atoms with van der Waals surface area (Å²) in [6.07, 6.45) is 2.14. The molecule has 0 spiro atoms. The maximum atomic E-state index is 6.66. The molecule has 16 bridgehead atoms. The monoisotopic (exact) mass is 1280 g/mol. The Balaban J connectivity index is 0.00000108. The Bertz CT molecular complexity index is 3330. The van der Waals surface area contributed by atoms with E-state index < -0.39 is 0 Å². The maximum Gasteiger partial charge on any atom is 0.140 e. The largest absolute Gasteiger partial charge is 0.496 e. The van der Waals surface area contributed by atoms with Gasteiger partial charge in [-0.1, -0.05) is 97.1 Å². The molecule has 8 aromatic carbocycles. The molecule has 80 heavy (non-hydrogen) atoms. The van der Waals surface area contributed by atoms with Crippen molar-refractivity contribution in [3.05, 3.63) is 229 Å². The standard InChI is InChI=1S/C64H54Br2O8.2CH2Cl2/c1-67-57-31-17-21-43-47-39-13-9-11-15-41(39)49(51(43)57)52-44(47)22-18-32(58(52)68-2)26-37-30-38(64(74-8)56(66)63(37)73-7)28-34-20-24-46-48-40-14-10-12-16-42(40)50(54(46)60(34)70-4)53-45(48)23-19-33(59(53)69-3)27-36-29-35(25-31)61(71-5)55(65)62(36)72-6;2*2-1-3/h9-24,29-30,47-50H,25-28H2,1-8H3;2*1H2. The van der Waals surface area contributed by atoms with E-state index in [0.717, 1.165) is 76.5 Å². The highest BCUT2D eigenvalue weighted by atomic mass is 79.9. The number of fused-ring (bicyclic) bond motifs is 8. The van der Waals surface area contributed by atoms with Gasteiger partial charge in [0, 0.05) is 93.9 Å². The van der Waals surface area contributed by atoms with Crippen LogP contribution in [0.5, 0.6) is 46.0 Å². The molecule has 0 aromatic heterocycles. The first-order chi connectivity index (χ1) is 39.0. The van der Waals surface area contributed by atoms with Gasteiger partial charge in [-0.05, 0) is 111 Å². The van der Waals surface area contributed by atoms with Gasteiger partial charge in [0.25, 0.3) is 0 Å². The molecule has 0 aliphatic heterocycles. The highest BCUT2D eigenvalue weighted by Gasteiger charge is 2.47. The van der Waals surface area contributed by atoms with Crippen LogP contribution in [0.15, 0.2) is 118 Å². The SMILES string of the molecule is COc1c2cc(c(OC)c1Br)Cc1ccc3c(c1OC)C1c4ccccc4C3c3ccc(c(OC)c31)Cc1cc(c(OC)c(Br)c1OC)Cc1ccc3c(c1OC)C1c4ccccc4C3c3ccc(c(OC)c31)C2.ClCCl.ClCCl. The topological polar surface area (TPSA) is 73.8 Å². The smallest absolute Gasteiger partial charge is 0.140 e. The van der Waals surface area contributed by atoms with E-state index in [1.54, 1.807) is 56.9 Å². The second-order valence-electron chi connectivity index (χ2n) is 20.1. The number of halogens is 6. The maximum absolute atomic E-state index is 6.66. The summed E-state index contributed by atoms with van der Waals surface area (Å²) >= 11 is 27.0. The number of ether oxygens (including phenoxy) is 8. The Labute approximate surface area is 504 Å². The van der Waals surface area contributed by atoms with Crippen molar-refractivity contribution in [3.63, 3.8) is 0 Å². The number of hydrogen-bond donors (Lipinski definition) is 0. The predicted molar refractivity (Wildman–Crippen MR) is 328 cm³/mol. The van der Waals surface area contributed by atoms with Crippen molar-refractivity contribution in [1.82, 2.24) is 0 Å². The normalized spacial score (nSPS) is 16.8. The third-order valence-electron chi connectivity index (χ3n) is 16.7. The second kappa shape index (κ2) is 23.3. The minimum atomic E-state index is -0.160. The molecule has 0 atom stereocenters. The summed E-state index contributed by atoms with van der Waals surface area (Å²) in [5, 5.41) is 0.389. The first kappa shape index (κ1) is 56.2. The number of hydrogen-bond acceptors (Lipinski definition) is 8. The number of alkyl halides is 4. The van der Waals surface area contributed by atoms with E-state index in [1.165, 1.54) is 66.8 Å². The highest BCUT2D eigenvalue weighted by Crippen LogP contribution is 2.63. The molecule has 0 unspecified atom stereocenters. The van der Waals surface area contributed by atoms with Gasteiger partial charge in [-0.25, -0.2) is 0 Å². The van der Waals surface area contributed by atoms with E-state index in [1.807, 2.05) is 0 Å². The van der Waals surface area contributed by atoms with Crippen molar-refractivity contribution < 1.29 is 37.9 Å². The van der Waals surface area contributed by atoms with Crippen molar-refractivity contribution in [2.24, 2.45) is 0 Å². The van der Waals surface area contributed by atoms with Crippen LogP contribution in [0.25, 0.3) is 0 Å². The van der Waals surface area contributed by atoms with E-state index in [2.05, 4.69) is 141 Å². The Morgan fingerprint density at radius 1 is 0.300 bits per heavy atom. The van der Waals surface area contributed by atoms with E-state index in [4.69, 9.17) is 84.3 Å². The van der Waals surface area contributed by atoms with E-state index in [9.17, 15) is 0 Å².